The maximum Gasteiger partial charge on any atom is 0.115 e. The molecule has 4 heteroatoms. The average Bonchev–Trinajstić information content (AvgIpc) is 2.67. The van der Waals surface area contributed by atoms with Crippen LogP contribution in [-0.2, 0) is 21.7 Å². The van der Waals surface area contributed by atoms with E-state index < -0.39 is 0 Å². The van der Waals surface area contributed by atoms with E-state index in [2.05, 4.69) is 40.7 Å². The van der Waals surface area contributed by atoms with Gasteiger partial charge in [-0.1, -0.05) is 51.3 Å². The molecule has 124 valence electrons. The first-order chi connectivity index (χ1) is 9.84. The van der Waals surface area contributed by atoms with Crippen molar-refractivity contribution in [1.82, 2.24) is 0 Å². The standard InChI is InChI=1S/C10H15.C6H6O.2CH4O.Ti/c1-7-6-10(4,5)9(3)8(7)2;7-6-4-2-1-3-5-6;2*1-2;/h1-5H3;1-5,7H;2*2H,1H3;/q-1;;;;. The summed E-state index contributed by atoms with van der Waals surface area (Å²) in [6.45, 7) is 10.9. The van der Waals surface area contributed by atoms with Crippen LogP contribution >= 0.6 is 0 Å². The fraction of sp³-hybridized carbons (Fsp3) is 0.444. The third kappa shape index (κ3) is 9.21. The number of aliphatic hydroxyl groups excluding tert-OH is 2. The summed E-state index contributed by atoms with van der Waals surface area (Å²) in [5.41, 5.74) is 4.39. The van der Waals surface area contributed by atoms with E-state index in [-0.39, 0.29) is 27.1 Å². The van der Waals surface area contributed by atoms with Crippen LogP contribution in [-0.4, -0.2) is 29.5 Å². The van der Waals surface area contributed by atoms with Crippen LogP contribution in [0.2, 0.25) is 0 Å². The molecule has 1 aromatic rings. The smallest absolute Gasteiger partial charge is 0.115 e. The summed E-state index contributed by atoms with van der Waals surface area (Å²) < 4.78 is 0. The van der Waals surface area contributed by atoms with Crippen LogP contribution in [0.1, 0.15) is 34.6 Å². The molecule has 1 aliphatic rings. The quantitative estimate of drug-likeness (QED) is 0.498. The summed E-state index contributed by atoms with van der Waals surface area (Å²) in [5, 5.41) is 22.6. The average molecular weight is 341 g/mol. The SMILES string of the molecule is CC1=[C-]C(C)(C)C(C)=C1C.CO.CO.Oc1ccccc1.[Ti]. The van der Waals surface area contributed by atoms with Gasteiger partial charge in [-0.05, 0) is 12.1 Å². The van der Waals surface area contributed by atoms with E-state index >= 15 is 0 Å². The molecule has 0 atom stereocenters. The van der Waals surface area contributed by atoms with Crippen LogP contribution < -0.4 is 0 Å². The van der Waals surface area contributed by atoms with E-state index in [1.54, 1.807) is 24.3 Å². The third-order valence-corrected chi connectivity index (χ3v) is 3.32. The summed E-state index contributed by atoms with van der Waals surface area (Å²) in [6.07, 6.45) is 3.44. The first-order valence-electron chi connectivity index (χ1n) is 6.78. The summed E-state index contributed by atoms with van der Waals surface area (Å²) in [6, 6.07) is 8.71. The van der Waals surface area contributed by atoms with E-state index in [4.69, 9.17) is 15.3 Å². The molecule has 3 nitrogen and oxygen atoms in total. The Morgan fingerprint density at radius 1 is 0.864 bits per heavy atom. The van der Waals surface area contributed by atoms with Gasteiger partial charge in [0.25, 0.3) is 0 Å². The molecule has 0 saturated carbocycles. The first kappa shape index (κ1) is 26.1. The van der Waals surface area contributed by atoms with Crippen molar-refractivity contribution in [2.24, 2.45) is 5.41 Å². The molecular weight excluding hydrogens is 312 g/mol. The second-order valence-electron chi connectivity index (χ2n) is 4.96. The van der Waals surface area contributed by atoms with Crippen LogP contribution in [0.3, 0.4) is 0 Å². The number of aliphatic hydroxyl groups is 2. The van der Waals surface area contributed by atoms with Crippen molar-refractivity contribution in [3.8, 4) is 5.75 Å². The van der Waals surface area contributed by atoms with Crippen LogP contribution in [0.15, 0.2) is 47.1 Å². The minimum atomic E-state index is 0. The molecule has 0 bridgehead atoms. The van der Waals surface area contributed by atoms with Crippen molar-refractivity contribution in [1.29, 1.82) is 0 Å². The summed E-state index contributed by atoms with van der Waals surface area (Å²) in [5.74, 6) is 0.322. The van der Waals surface area contributed by atoms with E-state index in [1.165, 1.54) is 16.7 Å². The predicted octanol–water partition coefficient (Wildman–Crippen LogP) is 3.72. The van der Waals surface area contributed by atoms with Gasteiger partial charge in [0.15, 0.2) is 0 Å². The number of para-hydroxylation sites is 1. The number of hydrogen-bond donors (Lipinski definition) is 3. The van der Waals surface area contributed by atoms with Crippen molar-refractivity contribution >= 4 is 0 Å². The molecule has 1 aliphatic carbocycles. The number of phenols is 1. The molecule has 0 aromatic heterocycles. The van der Waals surface area contributed by atoms with Crippen molar-refractivity contribution in [3.05, 3.63) is 53.1 Å². The number of phenolic OH excluding ortho intramolecular Hbond substituents is 1. The van der Waals surface area contributed by atoms with Crippen LogP contribution in [0.25, 0.3) is 0 Å². The molecule has 0 fully saturated rings. The van der Waals surface area contributed by atoms with E-state index in [9.17, 15) is 0 Å². The molecule has 1 aromatic carbocycles. The Morgan fingerprint density at radius 3 is 1.41 bits per heavy atom. The zero-order chi connectivity index (χ0) is 17.1. The third-order valence-electron chi connectivity index (χ3n) is 3.32. The van der Waals surface area contributed by atoms with Gasteiger partial charge in [-0.2, -0.15) is 11.1 Å². The summed E-state index contributed by atoms with van der Waals surface area (Å²) >= 11 is 0. The normalized spacial score (nSPS) is 14.0. The molecule has 0 amide bonds. The van der Waals surface area contributed by atoms with Crippen molar-refractivity contribution in [2.45, 2.75) is 34.6 Å². The zero-order valence-corrected chi connectivity index (χ0v) is 16.3. The Hall–Kier alpha value is -0.866. The summed E-state index contributed by atoms with van der Waals surface area (Å²) in [7, 11) is 2.00. The zero-order valence-electron chi connectivity index (χ0n) is 14.7. The van der Waals surface area contributed by atoms with Gasteiger partial charge in [0.05, 0.1) is 0 Å². The van der Waals surface area contributed by atoms with Gasteiger partial charge in [-0.3, -0.25) is 6.08 Å². The molecule has 22 heavy (non-hydrogen) atoms. The Bertz CT molecular complexity index is 449. The molecule has 0 unspecified atom stereocenters. The predicted molar refractivity (Wildman–Crippen MR) is 89.0 cm³/mol. The monoisotopic (exact) mass is 341 g/mol. The molecule has 0 spiro atoms. The van der Waals surface area contributed by atoms with E-state index in [0.29, 0.717) is 5.75 Å². The minimum absolute atomic E-state index is 0. The Labute approximate surface area is 150 Å². The van der Waals surface area contributed by atoms with Gasteiger partial charge >= 0.3 is 0 Å². The largest absolute Gasteiger partial charge is 0.508 e. The van der Waals surface area contributed by atoms with Gasteiger partial charge in [0.2, 0.25) is 0 Å². The van der Waals surface area contributed by atoms with Crippen LogP contribution in [0.5, 0.6) is 5.75 Å². The number of rotatable bonds is 0. The second-order valence-corrected chi connectivity index (χ2v) is 4.96. The maximum absolute atomic E-state index is 8.63. The molecule has 0 aliphatic heterocycles. The van der Waals surface area contributed by atoms with Gasteiger partial charge in [-0.25, -0.2) is 5.57 Å². The first-order valence-corrected chi connectivity index (χ1v) is 6.78. The van der Waals surface area contributed by atoms with E-state index in [0.717, 1.165) is 14.2 Å². The van der Waals surface area contributed by atoms with Crippen LogP contribution in [0, 0.1) is 11.5 Å². The Morgan fingerprint density at radius 2 is 1.27 bits per heavy atom. The maximum atomic E-state index is 8.63. The van der Waals surface area contributed by atoms with Gasteiger partial charge in [-0.15, -0.1) is 6.92 Å². The molecule has 0 radical (unpaired) electrons. The number of benzene rings is 1. The molecule has 2 rings (SSSR count). The molecule has 0 heterocycles. The number of aromatic hydroxyl groups is 1. The minimum Gasteiger partial charge on any atom is -0.508 e. The van der Waals surface area contributed by atoms with Gasteiger partial charge in [0.1, 0.15) is 5.75 Å². The van der Waals surface area contributed by atoms with Crippen molar-refractivity contribution in [3.63, 3.8) is 0 Å². The Balaban J connectivity index is -0.000000266. The molecular formula is C18H29O3Ti-. The fourth-order valence-electron chi connectivity index (χ4n) is 1.83. The Kier molecular flexibility index (Phi) is 16.3. The summed E-state index contributed by atoms with van der Waals surface area (Å²) in [4.78, 5) is 0. The topological polar surface area (TPSA) is 60.7 Å². The number of hydrogen-bond acceptors (Lipinski definition) is 3. The van der Waals surface area contributed by atoms with Crippen molar-refractivity contribution in [2.75, 3.05) is 14.2 Å². The van der Waals surface area contributed by atoms with Gasteiger partial charge < -0.3 is 15.3 Å². The van der Waals surface area contributed by atoms with Crippen LogP contribution in [0.4, 0.5) is 0 Å². The van der Waals surface area contributed by atoms with E-state index in [1.807, 2.05) is 6.07 Å². The molecule has 3 N–H and O–H groups in total. The number of allylic oxidation sites excluding steroid dienone is 4. The van der Waals surface area contributed by atoms with Gasteiger partial charge in [0, 0.05) is 35.9 Å². The molecule has 0 saturated heterocycles. The van der Waals surface area contributed by atoms with Crippen molar-refractivity contribution < 1.29 is 37.0 Å². The second kappa shape index (κ2) is 13.8. The fourth-order valence-corrected chi connectivity index (χ4v) is 1.83.